The third-order valence-corrected chi connectivity index (χ3v) is 4.27. The molecule has 0 saturated heterocycles. The Morgan fingerprint density at radius 1 is 1.37 bits per heavy atom. The highest BCUT2D eigenvalue weighted by Gasteiger charge is 2.19. The van der Waals surface area contributed by atoms with Crippen molar-refractivity contribution in [2.75, 3.05) is 6.54 Å². The summed E-state index contributed by atoms with van der Waals surface area (Å²) in [6, 6.07) is 0.269. The summed E-state index contributed by atoms with van der Waals surface area (Å²) in [5.74, 6) is 1.03. The predicted octanol–water partition coefficient (Wildman–Crippen LogP) is 2.26. The molecule has 2 rings (SSSR count). The van der Waals surface area contributed by atoms with Crippen molar-refractivity contribution >= 4 is 11.3 Å². The lowest BCUT2D eigenvalue weighted by molar-refractivity contribution is 0.513. The van der Waals surface area contributed by atoms with E-state index in [1.54, 1.807) is 17.7 Å². The lowest BCUT2D eigenvalue weighted by atomic mass is 10.1. The summed E-state index contributed by atoms with van der Waals surface area (Å²) in [5.41, 5.74) is 1.12. The molecule has 5 nitrogen and oxygen atoms in total. The molecule has 1 N–H and O–H groups in total. The number of hydrogen-bond donors (Lipinski definition) is 1. The average molecular weight is 279 g/mol. The second-order valence-corrected chi connectivity index (χ2v) is 5.72. The van der Waals surface area contributed by atoms with E-state index in [0.29, 0.717) is 0 Å². The van der Waals surface area contributed by atoms with Crippen LogP contribution in [-0.2, 0) is 13.0 Å². The Kier molecular flexibility index (Phi) is 4.66. The number of nitrogens with one attached hydrogen (secondary N) is 1. The topological polar surface area (TPSA) is 55.6 Å². The zero-order valence-electron chi connectivity index (χ0n) is 12.0. The number of rotatable bonds is 6. The van der Waals surface area contributed by atoms with E-state index in [9.17, 15) is 0 Å². The van der Waals surface area contributed by atoms with Crippen molar-refractivity contribution in [3.8, 4) is 0 Å². The molecule has 2 aromatic rings. The number of hydrogen-bond acceptors (Lipinski definition) is 5. The fourth-order valence-corrected chi connectivity index (χ4v) is 3.27. The summed E-state index contributed by atoms with van der Waals surface area (Å²) in [4.78, 5) is 10.2. The molecule has 104 valence electrons. The maximum Gasteiger partial charge on any atom is 0.138 e. The summed E-state index contributed by atoms with van der Waals surface area (Å²) in [5, 5.41) is 8.88. The summed E-state index contributed by atoms with van der Waals surface area (Å²) in [6.45, 7) is 10.1. The fourth-order valence-electron chi connectivity index (χ4n) is 2.27. The van der Waals surface area contributed by atoms with Gasteiger partial charge in [-0.25, -0.2) is 9.97 Å². The van der Waals surface area contributed by atoms with Gasteiger partial charge in [0.25, 0.3) is 0 Å². The van der Waals surface area contributed by atoms with Crippen LogP contribution in [0.4, 0.5) is 0 Å². The van der Waals surface area contributed by atoms with E-state index in [1.807, 2.05) is 4.68 Å². The maximum atomic E-state index is 4.52. The van der Waals surface area contributed by atoms with Crippen molar-refractivity contribution in [3.05, 3.63) is 27.7 Å². The first-order chi connectivity index (χ1) is 9.15. The summed E-state index contributed by atoms with van der Waals surface area (Å²) in [6.07, 6.45) is 2.48. The molecule has 0 aliphatic rings. The minimum absolute atomic E-state index is 0.269. The normalized spacial score (nSPS) is 12.8. The second-order valence-electron chi connectivity index (χ2n) is 4.49. The van der Waals surface area contributed by atoms with E-state index >= 15 is 0 Å². The number of likely N-dealkylation sites (N-methyl/N-ethyl adjacent to an activating group) is 1. The zero-order valence-corrected chi connectivity index (χ0v) is 12.8. The van der Waals surface area contributed by atoms with E-state index < -0.39 is 0 Å². The van der Waals surface area contributed by atoms with Crippen molar-refractivity contribution in [1.82, 2.24) is 25.1 Å². The van der Waals surface area contributed by atoms with Crippen molar-refractivity contribution in [2.24, 2.45) is 0 Å². The summed E-state index contributed by atoms with van der Waals surface area (Å²) >= 11 is 1.77. The molecule has 0 spiro atoms. The molecular weight excluding hydrogens is 258 g/mol. The van der Waals surface area contributed by atoms with Crippen molar-refractivity contribution in [3.63, 3.8) is 0 Å². The van der Waals surface area contributed by atoms with Gasteiger partial charge in [-0.15, -0.1) is 11.3 Å². The van der Waals surface area contributed by atoms with Gasteiger partial charge in [-0.05, 0) is 27.3 Å². The van der Waals surface area contributed by atoms with Crippen LogP contribution in [0.3, 0.4) is 0 Å². The van der Waals surface area contributed by atoms with Crippen LogP contribution in [0.1, 0.15) is 41.3 Å². The average Bonchev–Trinajstić information content (AvgIpc) is 2.95. The van der Waals surface area contributed by atoms with Crippen LogP contribution in [0.15, 0.2) is 6.33 Å². The van der Waals surface area contributed by atoms with E-state index in [1.165, 1.54) is 4.88 Å². The van der Waals surface area contributed by atoms with Crippen LogP contribution in [-0.4, -0.2) is 26.3 Å². The molecule has 0 saturated carbocycles. The molecule has 0 bridgehead atoms. The van der Waals surface area contributed by atoms with Crippen LogP contribution in [0.5, 0.6) is 0 Å². The Balaban J connectivity index is 2.23. The van der Waals surface area contributed by atoms with Gasteiger partial charge in [0.05, 0.1) is 16.7 Å². The first-order valence-corrected chi connectivity index (χ1v) is 7.51. The first kappa shape index (κ1) is 14.1. The number of thiazole rings is 1. The molecule has 0 amide bonds. The van der Waals surface area contributed by atoms with Crippen LogP contribution in [0.25, 0.3) is 0 Å². The fraction of sp³-hybridized carbons (Fsp3) is 0.615. The van der Waals surface area contributed by atoms with Crippen LogP contribution >= 0.6 is 11.3 Å². The molecule has 19 heavy (non-hydrogen) atoms. The first-order valence-electron chi connectivity index (χ1n) is 6.69. The van der Waals surface area contributed by atoms with E-state index in [2.05, 4.69) is 48.1 Å². The van der Waals surface area contributed by atoms with Gasteiger partial charge in [0.15, 0.2) is 0 Å². The highest BCUT2D eigenvalue weighted by molar-refractivity contribution is 7.11. The molecule has 0 aliphatic heterocycles. The van der Waals surface area contributed by atoms with Gasteiger partial charge in [0.2, 0.25) is 0 Å². The molecule has 2 aromatic heterocycles. The Labute approximate surface area is 118 Å². The van der Waals surface area contributed by atoms with Gasteiger partial charge in [0.1, 0.15) is 12.2 Å². The summed E-state index contributed by atoms with van der Waals surface area (Å²) in [7, 11) is 0. The lowest BCUT2D eigenvalue weighted by Gasteiger charge is -2.16. The van der Waals surface area contributed by atoms with E-state index in [0.717, 1.165) is 36.0 Å². The molecule has 0 aromatic carbocycles. The van der Waals surface area contributed by atoms with Crippen LogP contribution in [0.2, 0.25) is 0 Å². The monoisotopic (exact) mass is 279 g/mol. The molecule has 6 heteroatoms. The lowest BCUT2D eigenvalue weighted by Crippen LogP contribution is -2.24. The highest BCUT2D eigenvalue weighted by atomic mass is 32.1. The quantitative estimate of drug-likeness (QED) is 0.881. The van der Waals surface area contributed by atoms with Crippen molar-refractivity contribution in [2.45, 2.75) is 46.7 Å². The highest BCUT2D eigenvalue weighted by Crippen LogP contribution is 2.27. The minimum atomic E-state index is 0.269. The number of aryl methyl sites for hydroxylation is 3. The summed E-state index contributed by atoms with van der Waals surface area (Å²) < 4.78 is 1.95. The smallest absolute Gasteiger partial charge is 0.138 e. The van der Waals surface area contributed by atoms with E-state index in [-0.39, 0.29) is 6.04 Å². The van der Waals surface area contributed by atoms with Gasteiger partial charge in [-0.3, -0.25) is 4.68 Å². The molecule has 0 radical (unpaired) electrons. The third kappa shape index (κ3) is 3.19. The Morgan fingerprint density at radius 2 is 2.16 bits per heavy atom. The Hall–Kier alpha value is -1.27. The number of aromatic nitrogens is 4. The van der Waals surface area contributed by atoms with Gasteiger partial charge in [-0.2, -0.15) is 5.10 Å². The van der Waals surface area contributed by atoms with Gasteiger partial charge >= 0.3 is 0 Å². The molecular formula is C13H21N5S. The Bertz CT molecular complexity index is 531. The standard InChI is InChI=1S/C13H21N5S/c1-5-14-11(13-9(3)17-10(4)19-13)7-12-15-8-16-18(12)6-2/h8,11,14H,5-7H2,1-4H3. The maximum absolute atomic E-state index is 4.52. The molecule has 2 heterocycles. The number of nitrogens with zero attached hydrogens (tertiary/aromatic N) is 4. The largest absolute Gasteiger partial charge is 0.309 e. The van der Waals surface area contributed by atoms with Gasteiger partial charge < -0.3 is 5.32 Å². The van der Waals surface area contributed by atoms with E-state index in [4.69, 9.17) is 0 Å². The van der Waals surface area contributed by atoms with Crippen molar-refractivity contribution < 1.29 is 0 Å². The predicted molar refractivity (Wildman–Crippen MR) is 77.4 cm³/mol. The van der Waals surface area contributed by atoms with Crippen LogP contribution < -0.4 is 5.32 Å². The zero-order chi connectivity index (χ0) is 13.8. The second kappa shape index (κ2) is 6.25. The van der Waals surface area contributed by atoms with Gasteiger partial charge in [0, 0.05) is 17.8 Å². The SMILES string of the molecule is CCNC(Cc1ncnn1CC)c1sc(C)nc1C. The molecule has 0 aliphatic carbocycles. The Morgan fingerprint density at radius 3 is 2.74 bits per heavy atom. The minimum Gasteiger partial charge on any atom is -0.309 e. The van der Waals surface area contributed by atoms with Gasteiger partial charge in [-0.1, -0.05) is 6.92 Å². The molecule has 1 atom stereocenters. The molecule has 1 unspecified atom stereocenters. The van der Waals surface area contributed by atoms with Crippen molar-refractivity contribution in [1.29, 1.82) is 0 Å². The third-order valence-electron chi connectivity index (χ3n) is 3.09. The van der Waals surface area contributed by atoms with Crippen LogP contribution in [0, 0.1) is 13.8 Å². The molecule has 0 fully saturated rings.